The van der Waals surface area contributed by atoms with Crippen LogP contribution < -0.4 is 0 Å². The molecular formula is C13H20F3NO2. The first kappa shape index (κ1) is 14.6. The fourth-order valence-corrected chi connectivity index (χ4v) is 3.12. The van der Waals surface area contributed by atoms with Gasteiger partial charge in [-0.3, -0.25) is 4.79 Å². The summed E-state index contributed by atoms with van der Waals surface area (Å²) in [6, 6.07) is 0. The van der Waals surface area contributed by atoms with Gasteiger partial charge in [0.05, 0.1) is 12.0 Å². The summed E-state index contributed by atoms with van der Waals surface area (Å²) in [6.07, 6.45) is -2.29. The lowest BCUT2D eigenvalue weighted by molar-refractivity contribution is -0.187. The Bertz CT molecular complexity index is 332. The van der Waals surface area contributed by atoms with E-state index in [0.29, 0.717) is 25.8 Å². The van der Waals surface area contributed by atoms with Crippen LogP contribution in [0.3, 0.4) is 0 Å². The van der Waals surface area contributed by atoms with E-state index in [0.717, 1.165) is 6.42 Å². The quantitative estimate of drug-likeness (QED) is 0.800. The number of aliphatic hydroxyl groups is 1. The Balaban J connectivity index is 1.95. The summed E-state index contributed by atoms with van der Waals surface area (Å²) in [6.45, 7) is 0.828. The highest BCUT2D eigenvalue weighted by atomic mass is 19.4. The number of aliphatic hydroxyl groups excluding tert-OH is 1. The summed E-state index contributed by atoms with van der Waals surface area (Å²) >= 11 is 0. The number of rotatable bonds is 1. The van der Waals surface area contributed by atoms with Crippen molar-refractivity contribution in [3.63, 3.8) is 0 Å². The van der Waals surface area contributed by atoms with Gasteiger partial charge in [0.25, 0.3) is 0 Å². The molecule has 1 N–H and O–H groups in total. The van der Waals surface area contributed by atoms with Gasteiger partial charge in [-0.15, -0.1) is 0 Å². The number of amides is 1. The number of carbonyl (C=O) groups excluding carboxylic acids is 1. The zero-order valence-corrected chi connectivity index (χ0v) is 10.8. The van der Waals surface area contributed by atoms with Crippen molar-refractivity contribution in [2.75, 3.05) is 13.1 Å². The topological polar surface area (TPSA) is 40.5 Å². The van der Waals surface area contributed by atoms with Crippen LogP contribution in [0, 0.1) is 11.8 Å². The molecule has 19 heavy (non-hydrogen) atoms. The van der Waals surface area contributed by atoms with Crippen LogP contribution >= 0.6 is 0 Å². The molecule has 1 saturated carbocycles. The Morgan fingerprint density at radius 1 is 1.16 bits per heavy atom. The van der Waals surface area contributed by atoms with E-state index in [1.54, 1.807) is 0 Å². The van der Waals surface area contributed by atoms with Crippen molar-refractivity contribution in [2.24, 2.45) is 11.8 Å². The van der Waals surface area contributed by atoms with E-state index < -0.39 is 24.1 Å². The van der Waals surface area contributed by atoms with Crippen molar-refractivity contribution in [2.45, 2.75) is 50.8 Å². The normalized spacial score (nSPS) is 33.3. The number of alkyl halides is 3. The van der Waals surface area contributed by atoms with Gasteiger partial charge in [0.15, 0.2) is 0 Å². The van der Waals surface area contributed by atoms with Crippen molar-refractivity contribution in [1.82, 2.24) is 4.90 Å². The van der Waals surface area contributed by atoms with Crippen LogP contribution in [0.25, 0.3) is 0 Å². The van der Waals surface area contributed by atoms with Crippen molar-refractivity contribution in [1.29, 1.82) is 0 Å². The van der Waals surface area contributed by atoms with Crippen LogP contribution in [0.15, 0.2) is 0 Å². The van der Waals surface area contributed by atoms with Gasteiger partial charge in [0, 0.05) is 19.0 Å². The molecule has 0 radical (unpaired) electrons. The van der Waals surface area contributed by atoms with E-state index in [2.05, 4.69) is 0 Å². The maximum absolute atomic E-state index is 12.7. The van der Waals surface area contributed by atoms with Crippen LogP contribution in [-0.4, -0.2) is 41.3 Å². The van der Waals surface area contributed by atoms with Crippen LogP contribution in [-0.2, 0) is 4.79 Å². The lowest BCUT2D eigenvalue weighted by atomic mass is 9.80. The summed E-state index contributed by atoms with van der Waals surface area (Å²) < 4.78 is 38.2. The fraction of sp³-hybridized carbons (Fsp3) is 0.923. The number of hydrogen-bond acceptors (Lipinski definition) is 2. The Morgan fingerprint density at radius 3 is 2.53 bits per heavy atom. The molecule has 0 aromatic heterocycles. The van der Waals surface area contributed by atoms with Gasteiger partial charge in [0.2, 0.25) is 5.91 Å². The minimum Gasteiger partial charge on any atom is -0.391 e. The van der Waals surface area contributed by atoms with Crippen molar-refractivity contribution < 1.29 is 23.1 Å². The first-order valence-corrected chi connectivity index (χ1v) is 6.91. The predicted molar refractivity (Wildman–Crippen MR) is 63.3 cm³/mol. The summed E-state index contributed by atoms with van der Waals surface area (Å²) in [5.41, 5.74) is 0. The maximum Gasteiger partial charge on any atom is 0.391 e. The van der Waals surface area contributed by atoms with Gasteiger partial charge in [-0.05, 0) is 32.1 Å². The summed E-state index contributed by atoms with van der Waals surface area (Å²) in [4.78, 5) is 13.8. The fourth-order valence-electron chi connectivity index (χ4n) is 3.12. The second-order valence-corrected chi connectivity index (χ2v) is 5.68. The van der Waals surface area contributed by atoms with Gasteiger partial charge in [-0.25, -0.2) is 0 Å². The predicted octanol–water partition coefficient (Wildman–Crippen LogP) is 2.34. The summed E-state index contributed by atoms with van der Waals surface area (Å²) in [5, 5.41) is 9.53. The molecular weight excluding hydrogens is 259 g/mol. The number of β-amino-alcohol motifs (C(OH)–C–C–N with tert-alkyl or cyclic N) is 1. The third kappa shape index (κ3) is 3.61. The second kappa shape index (κ2) is 5.69. The van der Waals surface area contributed by atoms with E-state index in [9.17, 15) is 23.1 Å². The monoisotopic (exact) mass is 279 g/mol. The lowest BCUT2D eigenvalue weighted by Crippen LogP contribution is -2.46. The Morgan fingerprint density at radius 2 is 1.89 bits per heavy atom. The minimum atomic E-state index is -4.19. The van der Waals surface area contributed by atoms with Gasteiger partial charge in [0.1, 0.15) is 0 Å². The molecule has 0 spiro atoms. The van der Waals surface area contributed by atoms with Crippen molar-refractivity contribution in [3.8, 4) is 0 Å². The molecule has 110 valence electrons. The van der Waals surface area contributed by atoms with E-state index in [-0.39, 0.29) is 25.3 Å². The zero-order chi connectivity index (χ0) is 14.0. The maximum atomic E-state index is 12.7. The average Bonchev–Trinajstić information content (AvgIpc) is 2.37. The average molecular weight is 279 g/mol. The number of carbonyl (C=O) groups is 1. The number of piperidine rings is 1. The van der Waals surface area contributed by atoms with E-state index in [1.165, 1.54) is 4.90 Å². The SMILES string of the molecule is O=C(C1CCCC(C(F)(F)F)C1)N1CCC[C@H](O)C1. The molecule has 1 saturated heterocycles. The molecule has 0 aromatic rings. The molecule has 2 unspecified atom stereocenters. The highest BCUT2D eigenvalue weighted by molar-refractivity contribution is 5.79. The number of likely N-dealkylation sites (tertiary alicyclic amines) is 1. The minimum absolute atomic E-state index is 0.0884. The number of hydrogen-bond donors (Lipinski definition) is 1. The highest BCUT2D eigenvalue weighted by Gasteiger charge is 2.44. The van der Waals surface area contributed by atoms with Gasteiger partial charge >= 0.3 is 6.18 Å². The molecule has 2 rings (SSSR count). The second-order valence-electron chi connectivity index (χ2n) is 5.68. The number of halogens is 3. The first-order chi connectivity index (χ1) is 8.88. The first-order valence-electron chi connectivity index (χ1n) is 6.91. The molecule has 1 amide bonds. The molecule has 0 aromatic carbocycles. The van der Waals surface area contributed by atoms with E-state index in [1.807, 2.05) is 0 Å². The van der Waals surface area contributed by atoms with Crippen LogP contribution in [0.1, 0.15) is 38.5 Å². The molecule has 6 heteroatoms. The number of nitrogens with zero attached hydrogens (tertiary/aromatic N) is 1. The Hall–Kier alpha value is -0.780. The third-order valence-electron chi connectivity index (χ3n) is 4.19. The molecule has 3 nitrogen and oxygen atoms in total. The molecule has 0 bridgehead atoms. The summed E-state index contributed by atoms with van der Waals surface area (Å²) in [5.74, 6) is -2.07. The van der Waals surface area contributed by atoms with E-state index >= 15 is 0 Å². The summed E-state index contributed by atoms with van der Waals surface area (Å²) in [7, 11) is 0. The molecule has 1 aliphatic heterocycles. The Labute approximate surface area is 110 Å². The van der Waals surface area contributed by atoms with Gasteiger partial charge in [-0.1, -0.05) is 6.42 Å². The van der Waals surface area contributed by atoms with Crippen LogP contribution in [0.2, 0.25) is 0 Å². The zero-order valence-electron chi connectivity index (χ0n) is 10.8. The molecule has 3 atom stereocenters. The van der Waals surface area contributed by atoms with Crippen LogP contribution in [0.5, 0.6) is 0 Å². The largest absolute Gasteiger partial charge is 0.391 e. The van der Waals surface area contributed by atoms with Crippen molar-refractivity contribution >= 4 is 5.91 Å². The lowest BCUT2D eigenvalue weighted by Gasteiger charge is -2.36. The van der Waals surface area contributed by atoms with Crippen molar-refractivity contribution in [3.05, 3.63) is 0 Å². The van der Waals surface area contributed by atoms with Crippen LogP contribution in [0.4, 0.5) is 13.2 Å². The third-order valence-corrected chi connectivity index (χ3v) is 4.19. The highest BCUT2D eigenvalue weighted by Crippen LogP contribution is 2.40. The van der Waals surface area contributed by atoms with E-state index in [4.69, 9.17) is 0 Å². The Kier molecular flexibility index (Phi) is 4.38. The van der Waals surface area contributed by atoms with Gasteiger partial charge in [-0.2, -0.15) is 13.2 Å². The molecule has 1 aliphatic carbocycles. The van der Waals surface area contributed by atoms with Gasteiger partial charge < -0.3 is 10.0 Å². The smallest absolute Gasteiger partial charge is 0.391 e. The standard InChI is InChI=1S/C13H20F3NO2/c14-13(15,16)10-4-1-3-9(7-10)12(19)17-6-2-5-11(18)8-17/h9-11,18H,1-8H2/t9?,10?,11-/m0/s1. The molecule has 1 heterocycles. The molecule has 2 fully saturated rings. The molecule has 2 aliphatic rings.